The number of rotatable bonds is 4. The van der Waals surface area contributed by atoms with E-state index in [0.717, 1.165) is 28.5 Å². The lowest BCUT2D eigenvalue weighted by Gasteiger charge is -2.04. The number of benzene rings is 1. The second-order valence-electron chi connectivity index (χ2n) is 4.42. The summed E-state index contributed by atoms with van der Waals surface area (Å²) < 4.78 is 5.53. The first-order chi connectivity index (χ1) is 8.33. The number of hydrogen-bond donors (Lipinski definition) is 1. The summed E-state index contributed by atoms with van der Waals surface area (Å²) in [7, 11) is 0. The number of halogens is 1. The first kappa shape index (κ1) is 10.9. The summed E-state index contributed by atoms with van der Waals surface area (Å²) in [6, 6.07) is 10.6. The topological polar surface area (TPSA) is 25.2 Å². The normalized spacial score (nSPS) is 15.1. The fourth-order valence-electron chi connectivity index (χ4n) is 1.89. The highest BCUT2D eigenvalue weighted by Crippen LogP contribution is 2.27. The quantitative estimate of drug-likeness (QED) is 0.888. The molecule has 0 bridgehead atoms. The Balaban J connectivity index is 1.81. The maximum atomic E-state index is 5.89. The molecule has 88 valence electrons. The highest BCUT2D eigenvalue weighted by atomic mass is 35.5. The van der Waals surface area contributed by atoms with E-state index in [1.165, 1.54) is 12.8 Å². The van der Waals surface area contributed by atoms with Crippen LogP contribution in [0.2, 0.25) is 5.02 Å². The van der Waals surface area contributed by atoms with Crippen LogP contribution >= 0.6 is 11.6 Å². The van der Waals surface area contributed by atoms with E-state index in [1.807, 2.05) is 30.3 Å². The van der Waals surface area contributed by atoms with E-state index in [4.69, 9.17) is 16.0 Å². The second kappa shape index (κ2) is 4.55. The highest BCUT2D eigenvalue weighted by Gasteiger charge is 2.21. The molecule has 1 saturated carbocycles. The van der Waals surface area contributed by atoms with Gasteiger partial charge in [0.2, 0.25) is 0 Å². The van der Waals surface area contributed by atoms with Crippen molar-refractivity contribution < 1.29 is 4.42 Å². The molecule has 0 spiro atoms. The predicted octanol–water partition coefficient (Wildman–Crippen LogP) is 3.85. The molecular weight excluding hydrogens is 234 g/mol. The van der Waals surface area contributed by atoms with E-state index in [1.54, 1.807) is 6.26 Å². The third kappa shape index (κ3) is 2.54. The average molecular weight is 248 g/mol. The highest BCUT2D eigenvalue weighted by molar-refractivity contribution is 6.30. The van der Waals surface area contributed by atoms with Gasteiger partial charge in [-0.05, 0) is 36.6 Å². The van der Waals surface area contributed by atoms with Crippen LogP contribution in [0.1, 0.15) is 18.6 Å². The van der Waals surface area contributed by atoms with Crippen LogP contribution in [0.25, 0.3) is 11.1 Å². The van der Waals surface area contributed by atoms with Crippen molar-refractivity contribution in [2.24, 2.45) is 0 Å². The van der Waals surface area contributed by atoms with Crippen LogP contribution in [0.4, 0.5) is 0 Å². The molecule has 17 heavy (non-hydrogen) atoms. The molecule has 1 aliphatic rings. The smallest absolute Gasteiger partial charge is 0.125 e. The van der Waals surface area contributed by atoms with Gasteiger partial charge in [-0.2, -0.15) is 0 Å². The average Bonchev–Trinajstić information content (AvgIpc) is 3.06. The maximum absolute atomic E-state index is 5.89. The summed E-state index contributed by atoms with van der Waals surface area (Å²) in [5.74, 6) is 0.999. The van der Waals surface area contributed by atoms with Crippen molar-refractivity contribution in [3.05, 3.63) is 47.4 Å². The van der Waals surface area contributed by atoms with Gasteiger partial charge in [0, 0.05) is 16.6 Å². The summed E-state index contributed by atoms with van der Waals surface area (Å²) >= 11 is 5.89. The molecular formula is C14H14ClNO. The molecule has 2 aromatic rings. The standard InChI is InChI=1S/C14H14ClNO/c15-11-3-1-10(2-4-11)13-7-8-17-14(13)9-16-12-5-6-12/h1-4,7-8,12,16H,5-6,9H2. The van der Waals surface area contributed by atoms with E-state index in [2.05, 4.69) is 5.32 Å². The minimum atomic E-state index is 0.693. The first-order valence-corrected chi connectivity index (χ1v) is 6.26. The van der Waals surface area contributed by atoms with E-state index >= 15 is 0 Å². The molecule has 0 radical (unpaired) electrons. The molecule has 1 N–H and O–H groups in total. The summed E-state index contributed by atoms with van der Waals surface area (Å²) in [6.07, 6.45) is 4.32. The minimum Gasteiger partial charge on any atom is -0.467 e. The summed E-state index contributed by atoms with van der Waals surface area (Å²) in [5, 5.41) is 4.22. The summed E-state index contributed by atoms with van der Waals surface area (Å²) in [5.41, 5.74) is 2.30. The zero-order valence-electron chi connectivity index (χ0n) is 9.45. The third-order valence-electron chi connectivity index (χ3n) is 3.03. The van der Waals surface area contributed by atoms with Gasteiger partial charge < -0.3 is 9.73 Å². The SMILES string of the molecule is Clc1ccc(-c2ccoc2CNC2CC2)cc1. The molecule has 3 rings (SSSR count). The van der Waals surface area contributed by atoms with Gasteiger partial charge in [0.25, 0.3) is 0 Å². The molecule has 1 fully saturated rings. The van der Waals surface area contributed by atoms with Gasteiger partial charge in [0.15, 0.2) is 0 Å². The lowest BCUT2D eigenvalue weighted by atomic mass is 10.1. The van der Waals surface area contributed by atoms with Crippen LogP contribution in [-0.2, 0) is 6.54 Å². The Morgan fingerprint density at radius 3 is 2.65 bits per heavy atom. The maximum Gasteiger partial charge on any atom is 0.125 e. The van der Waals surface area contributed by atoms with Crippen molar-refractivity contribution in [3.8, 4) is 11.1 Å². The Labute approximate surface area is 106 Å². The van der Waals surface area contributed by atoms with Crippen LogP contribution in [-0.4, -0.2) is 6.04 Å². The Morgan fingerprint density at radius 1 is 1.18 bits per heavy atom. The molecule has 1 heterocycles. The lowest BCUT2D eigenvalue weighted by Crippen LogP contribution is -2.15. The van der Waals surface area contributed by atoms with Gasteiger partial charge in [-0.1, -0.05) is 23.7 Å². The van der Waals surface area contributed by atoms with E-state index in [-0.39, 0.29) is 0 Å². The molecule has 0 unspecified atom stereocenters. The van der Waals surface area contributed by atoms with Crippen molar-refractivity contribution in [2.75, 3.05) is 0 Å². The molecule has 1 aromatic carbocycles. The summed E-state index contributed by atoms with van der Waals surface area (Å²) in [4.78, 5) is 0. The van der Waals surface area contributed by atoms with Gasteiger partial charge in [0.1, 0.15) is 5.76 Å². The zero-order chi connectivity index (χ0) is 11.7. The fraction of sp³-hybridized carbons (Fsp3) is 0.286. The van der Waals surface area contributed by atoms with E-state index in [9.17, 15) is 0 Å². The van der Waals surface area contributed by atoms with Crippen LogP contribution in [0, 0.1) is 0 Å². The Kier molecular flexibility index (Phi) is 2.91. The van der Waals surface area contributed by atoms with Crippen LogP contribution in [0.15, 0.2) is 41.0 Å². The minimum absolute atomic E-state index is 0.693. The molecule has 1 aliphatic carbocycles. The van der Waals surface area contributed by atoms with E-state index < -0.39 is 0 Å². The van der Waals surface area contributed by atoms with Crippen LogP contribution in [0.3, 0.4) is 0 Å². The first-order valence-electron chi connectivity index (χ1n) is 5.88. The number of furan rings is 1. The lowest BCUT2D eigenvalue weighted by molar-refractivity contribution is 0.483. The largest absolute Gasteiger partial charge is 0.467 e. The monoisotopic (exact) mass is 247 g/mol. The van der Waals surface area contributed by atoms with Crippen molar-refractivity contribution in [1.29, 1.82) is 0 Å². The Hall–Kier alpha value is -1.25. The van der Waals surface area contributed by atoms with Gasteiger partial charge in [-0.3, -0.25) is 0 Å². The van der Waals surface area contributed by atoms with Crippen molar-refractivity contribution >= 4 is 11.6 Å². The van der Waals surface area contributed by atoms with Crippen molar-refractivity contribution in [2.45, 2.75) is 25.4 Å². The van der Waals surface area contributed by atoms with Gasteiger partial charge in [0.05, 0.1) is 12.8 Å². The van der Waals surface area contributed by atoms with Gasteiger partial charge >= 0.3 is 0 Å². The molecule has 0 aliphatic heterocycles. The van der Waals surface area contributed by atoms with Crippen LogP contribution < -0.4 is 5.32 Å². The Morgan fingerprint density at radius 2 is 1.94 bits per heavy atom. The molecule has 0 saturated heterocycles. The second-order valence-corrected chi connectivity index (χ2v) is 4.86. The number of hydrogen-bond acceptors (Lipinski definition) is 2. The Bertz CT molecular complexity index is 499. The molecule has 3 heteroatoms. The van der Waals surface area contributed by atoms with Crippen LogP contribution in [0.5, 0.6) is 0 Å². The molecule has 0 amide bonds. The van der Waals surface area contributed by atoms with Gasteiger partial charge in [-0.25, -0.2) is 0 Å². The predicted molar refractivity (Wildman–Crippen MR) is 69.0 cm³/mol. The zero-order valence-corrected chi connectivity index (χ0v) is 10.2. The number of nitrogens with one attached hydrogen (secondary N) is 1. The molecule has 2 nitrogen and oxygen atoms in total. The summed E-state index contributed by atoms with van der Waals surface area (Å²) in [6.45, 7) is 0.801. The fourth-order valence-corrected chi connectivity index (χ4v) is 2.01. The van der Waals surface area contributed by atoms with E-state index in [0.29, 0.717) is 6.04 Å². The van der Waals surface area contributed by atoms with Crippen molar-refractivity contribution in [1.82, 2.24) is 5.32 Å². The van der Waals surface area contributed by atoms with Crippen molar-refractivity contribution in [3.63, 3.8) is 0 Å². The molecule has 1 aromatic heterocycles. The van der Waals surface area contributed by atoms with Gasteiger partial charge in [-0.15, -0.1) is 0 Å². The molecule has 0 atom stereocenters. The third-order valence-corrected chi connectivity index (χ3v) is 3.28.